The van der Waals surface area contributed by atoms with Gasteiger partial charge in [-0.25, -0.2) is 9.59 Å². The quantitative estimate of drug-likeness (QED) is 0.581. The number of nitrogens with zero attached hydrogens (tertiary/aromatic N) is 1. The minimum Gasteiger partial charge on any atom is -0.463 e. The van der Waals surface area contributed by atoms with Crippen LogP contribution in [0.5, 0.6) is 0 Å². The zero-order chi connectivity index (χ0) is 13.8. The zero-order valence-corrected chi connectivity index (χ0v) is 11.6. The summed E-state index contributed by atoms with van der Waals surface area (Å²) in [6.45, 7) is 4.41. The van der Waals surface area contributed by atoms with Gasteiger partial charge in [-0.2, -0.15) is 0 Å². The fourth-order valence-corrected chi connectivity index (χ4v) is 3.02. The average molecular weight is 267 g/mol. The smallest absolute Gasteiger partial charge is 0.410 e. The van der Waals surface area contributed by atoms with E-state index >= 15 is 0 Å². The normalized spacial score (nSPS) is 25.2. The Kier molecular flexibility index (Phi) is 4.45. The van der Waals surface area contributed by atoms with Crippen molar-refractivity contribution in [2.45, 2.75) is 51.6 Å². The van der Waals surface area contributed by atoms with Gasteiger partial charge in [0.25, 0.3) is 0 Å². The molecule has 0 unspecified atom stereocenters. The van der Waals surface area contributed by atoms with Gasteiger partial charge in [-0.3, -0.25) is 0 Å². The van der Waals surface area contributed by atoms with Gasteiger partial charge in [0.2, 0.25) is 0 Å². The molecule has 2 heterocycles. The van der Waals surface area contributed by atoms with Gasteiger partial charge < -0.3 is 14.4 Å². The van der Waals surface area contributed by atoms with E-state index in [0.29, 0.717) is 13.2 Å². The molecule has 2 saturated heterocycles. The van der Waals surface area contributed by atoms with Crippen LogP contribution < -0.4 is 0 Å². The number of piperidine rings is 1. The van der Waals surface area contributed by atoms with Crippen LogP contribution in [0.2, 0.25) is 0 Å². The van der Waals surface area contributed by atoms with Crippen molar-refractivity contribution in [1.29, 1.82) is 0 Å². The van der Waals surface area contributed by atoms with Crippen molar-refractivity contribution in [3.8, 4) is 0 Å². The lowest BCUT2D eigenvalue weighted by Gasteiger charge is -2.35. The largest absolute Gasteiger partial charge is 0.463 e. The summed E-state index contributed by atoms with van der Waals surface area (Å²) in [5.74, 6) is -0.276. The maximum absolute atomic E-state index is 11.9. The summed E-state index contributed by atoms with van der Waals surface area (Å²) < 4.78 is 10.0. The fraction of sp³-hybridized carbons (Fsp3) is 0.714. The second kappa shape index (κ2) is 6.08. The maximum Gasteiger partial charge on any atom is 0.410 e. The monoisotopic (exact) mass is 267 g/mol. The Morgan fingerprint density at radius 1 is 1.16 bits per heavy atom. The van der Waals surface area contributed by atoms with Crippen LogP contribution in [0.1, 0.15) is 39.5 Å². The molecule has 2 aliphatic heterocycles. The Hall–Kier alpha value is -1.52. The van der Waals surface area contributed by atoms with Gasteiger partial charge >= 0.3 is 12.1 Å². The van der Waals surface area contributed by atoms with Crippen LogP contribution in [0.15, 0.2) is 11.6 Å². The first kappa shape index (κ1) is 13.9. The molecule has 0 aromatic heterocycles. The summed E-state index contributed by atoms with van der Waals surface area (Å²) in [6.07, 6.45) is 4.87. The molecule has 5 nitrogen and oxygen atoms in total. The summed E-state index contributed by atoms with van der Waals surface area (Å²) in [7, 11) is 0. The van der Waals surface area contributed by atoms with Crippen molar-refractivity contribution in [3.05, 3.63) is 11.6 Å². The van der Waals surface area contributed by atoms with Gasteiger partial charge in [-0.15, -0.1) is 0 Å². The highest BCUT2D eigenvalue weighted by atomic mass is 16.6. The van der Waals surface area contributed by atoms with Crippen molar-refractivity contribution in [2.24, 2.45) is 0 Å². The Labute approximate surface area is 113 Å². The summed E-state index contributed by atoms with van der Waals surface area (Å²) in [5.41, 5.74) is 1.09. The molecule has 2 rings (SSSR count). The van der Waals surface area contributed by atoms with E-state index in [1.807, 2.05) is 11.8 Å². The van der Waals surface area contributed by atoms with Crippen LogP contribution in [0.3, 0.4) is 0 Å². The number of carbonyl (C=O) groups is 2. The topological polar surface area (TPSA) is 55.8 Å². The molecule has 0 spiro atoms. The highest BCUT2D eigenvalue weighted by Gasteiger charge is 2.42. The molecule has 2 atom stereocenters. The first-order valence-electron chi connectivity index (χ1n) is 6.97. The van der Waals surface area contributed by atoms with Crippen molar-refractivity contribution in [1.82, 2.24) is 4.90 Å². The molecule has 0 aromatic carbocycles. The Morgan fingerprint density at radius 2 is 1.74 bits per heavy atom. The van der Waals surface area contributed by atoms with Crippen LogP contribution in [-0.4, -0.2) is 42.3 Å². The lowest BCUT2D eigenvalue weighted by Crippen LogP contribution is -2.45. The molecule has 106 valence electrons. The van der Waals surface area contributed by atoms with Crippen molar-refractivity contribution >= 4 is 12.1 Å². The highest BCUT2D eigenvalue weighted by Crippen LogP contribution is 2.38. The van der Waals surface area contributed by atoms with Crippen LogP contribution in [-0.2, 0) is 14.3 Å². The molecular formula is C14H21NO4. The molecule has 1 amide bonds. The molecule has 0 aromatic rings. The second-order valence-electron chi connectivity index (χ2n) is 4.95. The SMILES string of the molecule is CCOC(=O)C=C1C[C@@H]2CC[C@@H](C1)N2C(=O)OCC. The van der Waals surface area contributed by atoms with Gasteiger partial charge in [-0.05, 0) is 39.5 Å². The van der Waals surface area contributed by atoms with Crippen LogP contribution in [0, 0.1) is 0 Å². The number of ether oxygens (including phenoxy) is 2. The number of carbonyl (C=O) groups excluding carboxylic acids is 2. The van der Waals surface area contributed by atoms with Crippen molar-refractivity contribution in [2.75, 3.05) is 13.2 Å². The molecule has 0 radical (unpaired) electrons. The average Bonchev–Trinajstić information content (AvgIpc) is 2.62. The minimum absolute atomic E-state index is 0.179. The predicted molar refractivity (Wildman–Crippen MR) is 69.6 cm³/mol. The number of fused-ring (bicyclic) bond motifs is 2. The van der Waals surface area contributed by atoms with E-state index in [1.54, 1.807) is 13.0 Å². The molecule has 2 bridgehead atoms. The maximum atomic E-state index is 11.9. The minimum atomic E-state index is -0.276. The van der Waals surface area contributed by atoms with Gasteiger partial charge in [0, 0.05) is 18.2 Å². The molecule has 5 heteroatoms. The Morgan fingerprint density at radius 3 is 2.26 bits per heavy atom. The zero-order valence-electron chi connectivity index (χ0n) is 11.6. The third-order valence-electron chi connectivity index (χ3n) is 3.70. The highest BCUT2D eigenvalue weighted by molar-refractivity contribution is 5.83. The molecule has 0 saturated carbocycles. The third-order valence-corrected chi connectivity index (χ3v) is 3.70. The van der Waals surface area contributed by atoms with Gasteiger partial charge in [0.05, 0.1) is 13.2 Å². The second-order valence-corrected chi connectivity index (χ2v) is 4.95. The first-order chi connectivity index (χ1) is 9.15. The van der Waals surface area contributed by atoms with E-state index < -0.39 is 0 Å². The Bertz CT molecular complexity index is 375. The molecule has 0 aliphatic carbocycles. The lowest BCUT2D eigenvalue weighted by molar-refractivity contribution is -0.137. The Balaban J connectivity index is 2.01. The predicted octanol–water partition coefficient (Wildman–Crippen LogP) is 2.26. The first-order valence-corrected chi connectivity index (χ1v) is 6.97. The summed E-state index contributed by atoms with van der Waals surface area (Å²) >= 11 is 0. The number of rotatable bonds is 3. The third kappa shape index (κ3) is 3.08. The van der Waals surface area contributed by atoms with E-state index in [9.17, 15) is 9.59 Å². The summed E-state index contributed by atoms with van der Waals surface area (Å²) in [5, 5.41) is 0. The fourth-order valence-electron chi connectivity index (χ4n) is 3.02. The van der Waals surface area contributed by atoms with Crippen molar-refractivity contribution < 1.29 is 19.1 Å². The van der Waals surface area contributed by atoms with Gasteiger partial charge in [0.15, 0.2) is 0 Å². The van der Waals surface area contributed by atoms with E-state index in [1.165, 1.54) is 0 Å². The van der Waals surface area contributed by atoms with Gasteiger partial charge in [0.1, 0.15) is 0 Å². The molecule has 2 fully saturated rings. The molecule has 19 heavy (non-hydrogen) atoms. The van der Waals surface area contributed by atoms with E-state index in [-0.39, 0.29) is 24.1 Å². The molecule has 0 N–H and O–H groups in total. The van der Waals surface area contributed by atoms with Crippen LogP contribution in [0.4, 0.5) is 4.79 Å². The van der Waals surface area contributed by atoms with E-state index in [4.69, 9.17) is 9.47 Å². The molecule has 2 aliphatic rings. The van der Waals surface area contributed by atoms with Crippen molar-refractivity contribution in [3.63, 3.8) is 0 Å². The summed E-state index contributed by atoms with van der Waals surface area (Å²) in [6, 6.07) is 0.358. The number of hydrogen-bond acceptors (Lipinski definition) is 4. The number of esters is 1. The summed E-state index contributed by atoms with van der Waals surface area (Å²) in [4.78, 5) is 25.2. The van der Waals surface area contributed by atoms with Crippen LogP contribution in [0.25, 0.3) is 0 Å². The van der Waals surface area contributed by atoms with E-state index in [0.717, 1.165) is 31.3 Å². The van der Waals surface area contributed by atoms with E-state index in [2.05, 4.69) is 0 Å². The lowest BCUT2D eigenvalue weighted by atomic mass is 9.97. The number of amides is 1. The van der Waals surface area contributed by atoms with Crippen LogP contribution >= 0.6 is 0 Å². The number of hydrogen-bond donors (Lipinski definition) is 0. The standard InChI is InChI=1S/C14H21NO4/c1-3-18-13(16)9-10-7-11-5-6-12(8-10)15(11)14(17)19-4-2/h9,11-12H,3-8H2,1-2H3/t11-,12-/m0/s1. The van der Waals surface area contributed by atoms with Gasteiger partial charge in [-0.1, -0.05) is 5.57 Å². The molecular weight excluding hydrogens is 246 g/mol.